The summed E-state index contributed by atoms with van der Waals surface area (Å²) in [6, 6.07) is 19.4. The van der Waals surface area contributed by atoms with Gasteiger partial charge in [0.1, 0.15) is 5.82 Å². The number of carbonyl (C=O) groups is 1. The number of hydrazine groups is 1. The van der Waals surface area contributed by atoms with E-state index in [9.17, 15) is 9.18 Å². The Morgan fingerprint density at radius 1 is 0.889 bits per heavy atom. The molecule has 1 aliphatic rings. The van der Waals surface area contributed by atoms with Crippen molar-refractivity contribution in [2.75, 3.05) is 5.32 Å². The van der Waals surface area contributed by atoms with Crippen LogP contribution in [-0.4, -0.2) is 5.91 Å². The molecule has 0 radical (unpaired) electrons. The van der Waals surface area contributed by atoms with Gasteiger partial charge in [-0.25, -0.2) is 4.39 Å². The Morgan fingerprint density at radius 3 is 2.41 bits per heavy atom. The minimum absolute atomic E-state index is 0.358. The molecule has 134 valence electrons. The third kappa shape index (κ3) is 3.66. The first-order valence-corrected chi connectivity index (χ1v) is 9.11. The molecule has 3 N–H and O–H groups in total. The third-order valence-corrected chi connectivity index (χ3v) is 5.29. The number of anilines is 2. The van der Waals surface area contributed by atoms with Crippen molar-refractivity contribution in [3.63, 3.8) is 0 Å². The SMILES string of the molecule is C=C(NNC(=O)c1ccc(F)cc1)c1ccc2c(c1)Nc1ccccc1S2. The number of hydrogen-bond acceptors (Lipinski definition) is 4. The lowest BCUT2D eigenvalue weighted by molar-refractivity contribution is 0.0942. The summed E-state index contributed by atoms with van der Waals surface area (Å²) in [6.07, 6.45) is 0. The van der Waals surface area contributed by atoms with Crippen LogP contribution in [-0.2, 0) is 0 Å². The summed E-state index contributed by atoms with van der Waals surface area (Å²) in [5, 5.41) is 3.42. The second kappa shape index (κ2) is 7.17. The Labute approximate surface area is 160 Å². The van der Waals surface area contributed by atoms with Gasteiger partial charge in [-0.05, 0) is 48.5 Å². The zero-order valence-electron chi connectivity index (χ0n) is 14.3. The van der Waals surface area contributed by atoms with E-state index in [4.69, 9.17) is 0 Å². The highest BCUT2D eigenvalue weighted by Gasteiger charge is 2.16. The zero-order valence-corrected chi connectivity index (χ0v) is 15.1. The number of para-hydroxylation sites is 1. The van der Waals surface area contributed by atoms with Crippen LogP contribution >= 0.6 is 11.8 Å². The number of amides is 1. The summed E-state index contributed by atoms with van der Waals surface area (Å²) in [6.45, 7) is 3.98. The minimum Gasteiger partial charge on any atom is -0.354 e. The summed E-state index contributed by atoms with van der Waals surface area (Å²) in [5.74, 6) is -0.748. The summed E-state index contributed by atoms with van der Waals surface area (Å²) >= 11 is 1.71. The van der Waals surface area contributed by atoms with E-state index in [0.717, 1.165) is 21.8 Å². The van der Waals surface area contributed by atoms with Crippen LogP contribution in [0.5, 0.6) is 0 Å². The minimum atomic E-state index is -0.384. The number of rotatable bonds is 4. The van der Waals surface area contributed by atoms with E-state index in [-0.39, 0.29) is 11.7 Å². The second-order valence-corrected chi connectivity index (χ2v) is 7.08. The molecule has 27 heavy (non-hydrogen) atoms. The molecule has 6 heteroatoms. The molecule has 1 heterocycles. The fourth-order valence-corrected chi connectivity index (χ4v) is 3.67. The van der Waals surface area contributed by atoms with Crippen molar-refractivity contribution >= 4 is 34.7 Å². The zero-order chi connectivity index (χ0) is 18.8. The van der Waals surface area contributed by atoms with Crippen LogP contribution in [0.3, 0.4) is 0 Å². The van der Waals surface area contributed by atoms with Crippen molar-refractivity contribution in [3.8, 4) is 0 Å². The molecule has 0 aliphatic carbocycles. The van der Waals surface area contributed by atoms with Crippen LogP contribution in [0.1, 0.15) is 15.9 Å². The average Bonchev–Trinajstić information content (AvgIpc) is 2.70. The van der Waals surface area contributed by atoms with Gasteiger partial charge in [-0.15, -0.1) is 0 Å². The number of hydrogen-bond donors (Lipinski definition) is 3. The number of fused-ring (bicyclic) bond motifs is 2. The smallest absolute Gasteiger partial charge is 0.269 e. The first-order chi connectivity index (χ1) is 13.1. The molecular formula is C21H16FN3OS. The first kappa shape index (κ1) is 17.2. The molecule has 0 spiro atoms. The highest BCUT2D eigenvalue weighted by Crippen LogP contribution is 2.44. The molecule has 1 amide bonds. The Kier molecular flexibility index (Phi) is 4.56. The molecule has 1 aliphatic heterocycles. The standard InChI is InChI=1S/C21H16FN3OS/c1-13(24-25-21(26)14-6-9-16(22)10-7-14)15-8-11-20-18(12-15)23-17-4-2-3-5-19(17)27-20/h2-12,23-24H,1H2,(H,25,26). The molecule has 0 unspecified atom stereocenters. The second-order valence-electron chi connectivity index (χ2n) is 6.00. The molecule has 3 aromatic rings. The average molecular weight is 377 g/mol. The maximum absolute atomic E-state index is 12.9. The Morgan fingerprint density at radius 2 is 1.59 bits per heavy atom. The van der Waals surface area contributed by atoms with Gasteiger partial charge in [0.2, 0.25) is 0 Å². The van der Waals surface area contributed by atoms with Crippen molar-refractivity contribution in [2.24, 2.45) is 0 Å². The molecule has 0 fully saturated rings. The van der Waals surface area contributed by atoms with Crippen LogP contribution in [0.4, 0.5) is 15.8 Å². The molecule has 0 atom stereocenters. The largest absolute Gasteiger partial charge is 0.354 e. The lowest BCUT2D eigenvalue weighted by Crippen LogP contribution is -2.35. The topological polar surface area (TPSA) is 53.2 Å². The van der Waals surface area contributed by atoms with Crippen LogP contribution < -0.4 is 16.2 Å². The summed E-state index contributed by atoms with van der Waals surface area (Å²) < 4.78 is 12.9. The predicted molar refractivity (Wildman–Crippen MR) is 106 cm³/mol. The number of nitrogens with one attached hydrogen (secondary N) is 3. The number of carbonyl (C=O) groups excluding carboxylic acids is 1. The lowest BCUT2D eigenvalue weighted by Gasteiger charge is -2.21. The quantitative estimate of drug-likeness (QED) is 0.441. The highest BCUT2D eigenvalue weighted by molar-refractivity contribution is 7.99. The molecule has 3 aromatic carbocycles. The fraction of sp³-hybridized carbons (Fsp3) is 0. The highest BCUT2D eigenvalue weighted by atomic mass is 32.2. The molecule has 4 rings (SSSR count). The van der Waals surface area contributed by atoms with Crippen molar-refractivity contribution in [3.05, 3.63) is 90.3 Å². The van der Waals surface area contributed by atoms with Crippen molar-refractivity contribution in [1.29, 1.82) is 0 Å². The molecule has 0 bridgehead atoms. The van der Waals surface area contributed by atoms with Gasteiger partial charge in [-0.1, -0.05) is 36.5 Å². The lowest BCUT2D eigenvalue weighted by atomic mass is 10.1. The fourth-order valence-electron chi connectivity index (χ4n) is 2.70. The summed E-state index contributed by atoms with van der Waals surface area (Å²) in [4.78, 5) is 14.4. The van der Waals surface area contributed by atoms with Crippen molar-refractivity contribution < 1.29 is 9.18 Å². The van der Waals surface area contributed by atoms with Crippen molar-refractivity contribution in [1.82, 2.24) is 10.9 Å². The van der Waals surface area contributed by atoms with E-state index >= 15 is 0 Å². The Balaban J connectivity index is 1.44. The van der Waals surface area contributed by atoms with Crippen molar-refractivity contribution in [2.45, 2.75) is 9.79 Å². The van der Waals surface area contributed by atoms with Crippen LogP contribution in [0.25, 0.3) is 5.70 Å². The monoisotopic (exact) mass is 377 g/mol. The molecular weight excluding hydrogens is 361 g/mol. The summed E-state index contributed by atoms with van der Waals surface area (Å²) in [7, 11) is 0. The third-order valence-electron chi connectivity index (χ3n) is 4.14. The van der Waals surface area contributed by atoms with Crippen LogP contribution in [0.2, 0.25) is 0 Å². The number of halogens is 1. The van der Waals surface area contributed by atoms with E-state index in [0.29, 0.717) is 11.3 Å². The Hall–Kier alpha value is -3.25. The van der Waals surface area contributed by atoms with Gasteiger partial charge in [0, 0.05) is 20.9 Å². The van der Waals surface area contributed by atoms with Crippen LogP contribution in [0.15, 0.2) is 83.1 Å². The first-order valence-electron chi connectivity index (χ1n) is 8.29. The maximum atomic E-state index is 12.9. The maximum Gasteiger partial charge on any atom is 0.269 e. The Bertz CT molecular complexity index is 1030. The molecule has 0 aromatic heterocycles. The molecule has 0 saturated heterocycles. The molecule has 4 nitrogen and oxygen atoms in total. The van der Waals surface area contributed by atoms with Gasteiger partial charge in [-0.2, -0.15) is 0 Å². The molecule has 0 saturated carbocycles. The van der Waals surface area contributed by atoms with E-state index in [1.165, 1.54) is 29.2 Å². The van der Waals surface area contributed by atoms with Gasteiger partial charge < -0.3 is 5.32 Å². The summed E-state index contributed by atoms with van der Waals surface area (Å²) in [5.41, 5.74) is 9.21. The van der Waals surface area contributed by atoms with Gasteiger partial charge in [0.05, 0.1) is 17.1 Å². The van der Waals surface area contributed by atoms with E-state index in [1.807, 2.05) is 36.4 Å². The van der Waals surface area contributed by atoms with Gasteiger partial charge in [0.25, 0.3) is 5.91 Å². The van der Waals surface area contributed by atoms with Crippen LogP contribution in [0, 0.1) is 5.82 Å². The van der Waals surface area contributed by atoms with Gasteiger partial charge in [0.15, 0.2) is 0 Å². The van der Waals surface area contributed by atoms with Gasteiger partial charge in [-0.3, -0.25) is 15.6 Å². The van der Waals surface area contributed by atoms with Gasteiger partial charge >= 0.3 is 0 Å². The predicted octanol–water partition coefficient (Wildman–Crippen LogP) is 4.94. The van der Waals surface area contributed by atoms with E-state index < -0.39 is 0 Å². The normalized spacial score (nSPS) is 11.6. The number of benzene rings is 3. The van der Waals surface area contributed by atoms with E-state index in [2.05, 4.69) is 28.8 Å². The van der Waals surface area contributed by atoms with E-state index in [1.54, 1.807) is 11.8 Å².